The molecule has 7 nitrogen and oxygen atoms in total. The van der Waals surface area contributed by atoms with E-state index >= 15 is 0 Å². The van der Waals surface area contributed by atoms with Crippen LogP contribution in [0.3, 0.4) is 0 Å². The number of rotatable bonds is 7. The van der Waals surface area contributed by atoms with Crippen LogP contribution in [0.1, 0.15) is 36.6 Å². The van der Waals surface area contributed by atoms with E-state index in [9.17, 15) is 0 Å². The van der Waals surface area contributed by atoms with Crippen molar-refractivity contribution in [1.82, 2.24) is 25.8 Å². The van der Waals surface area contributed by atoms with Crippen LogP contribution in [-0.2, 0) is 6.54 Å². The van der Waals surface area contributed by atoms with Crippen molar-refractivity contribution in [2.45, 2.75) is 33.4 Å². The zero-order chi connectivity index (χ0) is 20.6. The Balaban J connectivity index is 0.00000320. The van der Waals surface area contributed by atoms with Crippen LogP contribution in [-0.4, -0.2) is 34.8 Å². The van der Waals surface area contributed by atoms with Gasteiger partial charge >= 0.3 is 0 Å². The Morgan fingerprint density at radius 2 is 2.07 bits per heavy atom. The number of hydrogen-bond donors (Lipinski definition) is 3. The fourth-order valence-corrected chi connectivity index (χ4v) is 3.13. The van der Waals surface area contributed by atoms with Crippen LogP contribution in [0, 0.1) is 6.92 Å². The highest BCUT2D eigenvalue weighted by molar-refractivity contribution is 14.0. The molecule has 3 rings (SSSR count). The average Bonchev–Trinajstić information content (AvgIpc) is 3.27. The SMILES string of the molecule is CCNC(=NCc1cccc(-c2ncn[nH]2)c1)NC(C)c1cc(C)ccc1OC.I. The molecule has 0 aliphatic carbocycles. The number of aromatic nitrogens is 3. The molecule has 0 bridgehead atoms. The molecule has 1 aromatic heterocycles. The lowest BCUT2D eigenvalue weighted by Gasteiger charge is -2.20. The highest BCUT2D eigenvalue weighted by Gasteiger charge is 2.13. The number of H-pyrrole nitrogens is 1. The van der Waals surface area contributed by atoms with E-state index < -0.39 is 0 Å². The van der Waals surface area contributed by atoms with Gasteiger partial charge in [-0.2, -0.15) is 5.10 Å². The van der Waals surface area contributed by atoms with Crippen molar-refractivity contribution in [3.63, 3.8) is 0 Å². The first-order valence-electron chi connectivity index (χ1n) is 9.74. The fraction of sp³-hybridized carbons (Fsp3) is 0.318. The molecule has 3 aromatic rings. The summed E-state index contributed by atoms with van der Waals surface area (Å²) < 4.78 is 5.53. The van der Waals surface area contributed by atoms with Gasteiger partial charge in [0, 0.05) is 17.7 Å². The van der Waals surface area contributed by atoms with Gasteiger partial charge in [0.15, 0.2) is 11.8 Å². The van der Waals surface area contributed by atoms with E-state index in [4.69, 9.17) is 9.73 Å². The van der Waals surface area contributed by atoms with E-state index in [-0.39, 0.29) is 30.0 Å². The van der Waals surface area contributed by atoms with Gasteiger partial charge in [-0.25, -0.2) is 9.98 Å². The Bertz CT molecular complexity index is 958. The number of ether oxygens (including phenoxy) is 1. The molecule has 0 spiro atoms. The topological polar surface area (TPSA) is 87.2 Å². The minimum absolute atomic E-state index is 0. The second kappa shape index (κ2) is 11.5. The summed E-state index contributed by atoms with van der Waals surface area (Å²) in [6.45, 7) is 7.57. The number of methoxy groups -OCH3 is 1. The van der Waals surface area contributed by atoms with Gasteiger partial charge in [-0.15, -0.1) is 24.0 Å². The number of halogens is 1. The lowest BCUT2D eigenvalue weighted by molar-refractivity contribution is 0.405. The molecular weight excluding hydrogens is 491 g/mol. The van der Waals surface area contributed by atoms with E-state index in [2.05, 4.69) is 70.9 Å². The zero-order valence-corrected chi connectivity index (χ0v) is 20.1. The maximum absolute atomic E-state index is 5.53. The average molecular weight is 520 g/mol. The Morgan fingerprint density at radius 3 is 2.77 bits per heavy atom. The summed E-state index contributed by atoms with van der Waals surface area (Å²) in [5.41, 5.74) is 4.38. The van der Waals surface area contributed by atoms with Gasteiger partial charge in [0.25, 0.3) is 0 Å². The molecule has 3 N–H and O–H groups in total. The predicted molar refractivity (Wildman–Crippen MR) is 131 cm³/mol. The number of benzene rings is 2. The minimum atomic E-state index is 0. The van der Waals surface area contributed by atoms with E-state index in [0.29, 0.717) is 6.54 Å². The highest BCUT2D eigenvalue weighted by atomic mass is 127. The van der Waals surface area contributed by atoms with E-state index in [1.54, 1.807) is 7.11 Å². The molecule has 0 fully saturated rings. The molecular formula is C22H29IN6O. The second-order valence-electron chi connectivity index (χ2n) is 6.84. The van der Waals surface area contributed by atoms with Gasteiger partial charge in [-0.05, 0) is 38.5 Å². The van der Waals surface area contributed by atoms with Gasteiger partial charge in [-0.1, -0.05) is 35.9 Å². The molecule has 1 heterocycles. The smallest absolute Gasteiger partial charge is 0.192 e. The standard InChI is InChI=1S/C22H28N6O.HI/c1-5-23-22(27-16(3)19-11-15(2)9-10-20(19)29-4)24-13-17-7-6-8-18(12-17)21-25-14-26-28-21;/h6-12,14,16H,5,13H2,1-4H3,(H2,23,24,27)(H,25,26,28);1H. The second-order valence-corrected chi connectivity index (χ2v) is 6.84. The lowest BCUT2D eigenvalue weighted by atomic mass is 10.0. The number of guanidine groups is 1. The zero-order valence-electron chi connectivity index (χ0n) is 17.8. The molecule has 1 unspecified atom stereocenters. The summed E-state index contributed by atoms with van der Waals surface area (Å²) >= 11 is 0. The summed E-state index contributed by atoms with van der Waals surface area (Å²) in [6, 6.07) is 14.4. The van der Waals surface area contributed by atoms with Crippen molar-refractivity contribution >= 4 is 29.9 Å². The number of aliphatic imine (C=N–C) groups is 1. The summed E-state index contributed by atoms with van der Waals surface area (Å²) in [4.78, 5) is 8.97. The molecule has 0 saturated heterocycles. The van der Waals surface area contributed by atoms with Crippen molar-refractivity contribution < 1.29 is 4.74 Å². The maximum atomic E-state index is 5.53. The Kier molecular flexibility index (Phi) is 9.10. The van der Waals surface area contributed by atoms with Crippen molar-refractivity contribution in [3.8, 4) is 17.1 Å². The van der Waals surface area contributed by atoms with Gasteiger partial charge in [0.2, 0.25) is 0 Å². The first-order chi connectivity index (χ1) is 14.1. The molecule has 8 heteroatoms. The molecule has 0 aliphatic heterocycles. The minimum Gasteiger partial charge on any atom is -0.496 e. The van der Waals surface area contributed by atoms with E-state index in [0.717, 1.165) is 40.8 Å². The first kappa shape index (κ1) is 23.7. The van der Waals surface area contributed by atoms with Crippen LogP contribution >= 0.6 is 24.0 Å². The summed E-state index contributed by atoms with van der Waals surface area (Å²) in [5, 5.41) is 13.6. The number of aryl methyl sites for hydroxylation is 1. The van der Waals surface area contributed by atoms with Crippen LogP contribution in [0.4, 0.5) is 0 Å². The molecule has 2 aromatic carbocycles. The maximum Gasteiger partial charge on any atom is 0.192 e. The monoisotopic (exact) mass is 520 g/mol. The molecule has 0 radical (unpaired) electrons. The molecule has 0 aliphatic rings. The fourth-order valence-electron chi connectivity index (χ4n) is 3.13. The van der Waals surface area contributed by atoms with Crippen LogP contribution in [0.5, 0.6) is 5.75 Å². The molecule has 0 amide bonds. The van der Waals surface area contributed by atoms with Crippen molar-refractivity contribution in [2.24, 2.45) is 4.99 Å². The summed E-state index contributed by atoms with van der Waals surface area (Å²) in [6.07, 6.45) is 1.51. The van der Waals surface area contributed by atoms with Crippen LogP contribution in [0.15, 0.2) is 53.8 Å². The molecule has 0 saturated carbocycles. The summed E-state index contributed by atoms with van der Waals surface area (Å²) in [5.74, 6) is 2.38. The Hall–Kier alpha value is -2.62. The number of hydrogen-bond acceptors (Lipinski definition) is 4. The quantitative estimate of drug-likeness (QED) is 0.247. The van der Waals surface area contributed by atoms with E-state index in [1.165, 1.54) is 11.9 Å². The number of aromatic amines is 1. The molecule has 160 valence electrons. The van der Waals surface area contributed by atoms with Gasteiger partial charge in [0.1, 0.15) is 12.1 Å². The third-order valence-electron chi connectivity index (χ3n) is 4.58. The van der Waals surface area contributed by atoms with Crippen LogP contribution < -0.4 is 15.4 Å². The largest absolute Gasteiger partial charge is 0.496 e. The number of nitrogens with zero attached hydrogens (tertiary/aromatic N) is 3. The highest BCUT2D eigenvalue weighted by Crippen LogP contribution is 2.26. The van der Waals surface area contributed by atoms with Crippen LogP contribution in [0.25, 0.3) is 11.4 Å². The van der Waals surface area contributed by atoms with Crippen molar-refractivity contribution in [3.05, 3.63) is 65.5 Å². The molecule has 30 heavy (non-hydrogen) atoms. The van der Waals surface area contributed by atoms with Gasteiger partial charge in [0.05, 0.1) is 19.7 Å². The van der Waals surface area contributed by atoms with Gasteiger partial charge < -0.3 is 15.4 Å². The molecule has 1 atom stereocenters. The van der Waals surface area contributed by atoms with E-state index in [1.807, 2.05) is 18.2 Å². The Morgan fingerprint density at radius 1 is 1.23 bits per heavy atom. The van der Waals surface area contributed by atoms with Crippen molar-refractivity contribution in [2.75, 3.05) is 13.7 Å². The van der Waals surface area contributed by atoms with Gasteiger partial charge in [-0.3, -0.25) is 5.10 Å². The Labute approximate surface area is 194 Å². The number of nitrogens with one attached hydrogen (secondary N) is 3. The van der Waals surface area contributed by atoms with Crippen molar-refractivity contribution in [1.29, 1.82) is 0 Å². The lowest BCUT2D eigenvalue weighted by Crippen LogP contribution is -2.38. The summed E-state index contributed by atoms with van der Waals surface area (Å²) in [7, 11) is 1.70. The normalized spacial score (nSPS) is 12.1. The van der Waals surface area contributed by atoms with Crippen LogP contribution in [0.2, 0.25) is 0 Å². The third kappa shape index (κ3) is 6.19. The third-order valence-corrected chi connectivity index (χ3v) is 4.58. The first-order valence-corrected chi connectivity index (χ1v) is 9.74. The predicted octanol–water partition coefficient (Wildman–Crippen LogP) is 4.22.